The van der Waals surface area contributed by atoms with Crippen molar-refractivity contribution in [2.24, 2.45) is 5.73 Å². The molecule has 19 heavy (non-hydrogen) atoms. The summed E-state index contributed by atoms with van der Waals surface area (Å²) in [5, 5.41) is 0. The van der Waals surface area contributed by atoms with Gasteiger partial charge in [0.25, 0.3) is 0 Å². The van der Waals surface area contributed by atoms with E-state index >= 15 is 0 Å². The standard InChI is InChI=1S/C15H18FN3/c16-14-5-1-6-15(10-14)19(9-3-7-17)12-13-4-2-8-18-11-13/h1-2,4-6,8,10-11H,3,7,9,12,17H2. The second-order valence-corrected chi connectivity index (χ2v) is 4.40. The predicted octanol–water partition coefficient (Wildman–Crippen LogP) is 2.58. The fourth-order valence-electron chi connectivity index (χ4n) is 1.97. The average molecular weight is 259 g/mol. The maximum atomic E-state index is 13.3. The van der Waals surface area contributed by atoms with E-state index in [1.807, 2.05) is 24.4 Å². The van der Waals surface area contributed by atoms with Crippen LogP contribution in [0.2, 0.25) is 0 Å². The van der Waals surface area contributed by atoms with Crippen molar-refractivity contribution >= 4 is 5.69 Å². The Hall–Kier alpha value is -1.94. The lowest BCUT2D eigenvalue weighted by Gasteiger charge is -2.24. The van der Waals surface area contributed by atoms with Crippen LogP contribution >= 0.6 is 0 Å². The number of pyridine rings is 1. The van der Waals surface area contributed by atoms with Gasteiger partial charge in [-0.1, -0.05) is 12.1 Å². The van der Waals surface area contributed by atoms with Crippen molar-refractivity contribution in [3.8, 4) is 0 Å². The van der Waals surface area contributed by atoms with E-state index in [1.54, 1.807) is 18.3 Å². The molecule has 0 aliphatic rings. The average Bonchev–Trinajstić information content (AvgIpc) is 2.44. The molecule has 0 amide bonds. The van der Waals surface area contributed by atoms with Crippen LogP contribution < -0.4 is 10.6 Å². The number of nitrogens with two attached hydrogens (primary N) is 1. The summed E-state index contributed by atoms with van der Waals surface area (Å²) in [5.74, 6) is -0.221. The number of halogens is 1. The van der Waals surface area contributed by atoms with Crippen LogP contribution in [0.1, 0.15) is 12.0 Å². The van der Waals surface area contributed by atoms with Crippen molar-refractivity contribution in [1.82, 2.24) is 4.98 Å². The Morgan fingerprint density at radius 3 is 2.79 bits per heavy atom. The Bertz CT molecular complexity index is 502. The normalized spacial score (nSPS) is 10.4. The number of rotatable bonds is 6. The van der Waals surface area contributed by atoms with Crippen LogP contribution in [0.5, 0.6) is 0 Å². The first-order valence-electron chi connectivity index (χ1n) is 6.39. The number of hydrogen-bond acceptors (Lipinski definition) is 3. The Morgan fingerprint density at radius 2 is 2.11 bits per heavy atom. The molecule has 100 valence electrons. The third kappa shape index (κ3) is 4.03. The molecule has 0 aliphatic carbocycles. The molecule has 0 radical (unpaired) electrons. The zero-order valence-electron chi connectivity index (χ0n) is 10.8. The van der Waals surface area contributed by atoms with Crippen LogP contribution in [0.25, 0.3) is 0 Å². The van der Waals surface area contributed by atoms with Crippen LogP contribution in [0.3, 0.4) is 0 Å². The van der Waals surface area contributed by atoms with E-state index in [9.17, 15) is 4.39 Å². The molecule has 3 nitrogen and oxygen atoms in total. The molecule has 4 heteroatoms. The number of hydrogen-bond donors (Lipinski definition) is 1. The zero-order valence-corrected chi connectivity index (χ0v) is 10.8. The monoisotopic (exact) mass is 259 g/mol. The van der Waals surface area contributed by atoms with Crippen molar-refractivity contribution in [1.29, 1.82) is 0 Å². The highest BCUT2D eigenvalue weighted by atomic mass is 19.1. The molecular weight excluding hydrogens is 241 g/mol. The predicted molar refractivity (Wildman–Crippen MR) is 75.4 cm³/mol. The fourth-order valence-corrected chi connectivity index (χ4v) is 1.97. The molecule has 2 aromatic rings. The van der Waals surface area contributed by atoms with Crippen molar-refractivity contribution < 1.29 is 4.39 Å². The third-order valence-corrected chi connectivity index (χ3v) is 2.90. The Balaban J connectivity index is 2.16. The van der Waals surface area contributed by atoms with Gasteiger partial charge in [-0.3, -0.25) is 4.98 Å². The number of nitrogens with zero attached hydrogens (tertiary/aromatic N) is 2. The van der Waals surface area contributed by atoms with Gasteiger partial charge in [0, 0.05) is 31.2 Å². The molecule has 0 saturated carbocycles. The number of anilines is 1. The summed E-state index contributed by atoms with van der Waals surface area (Å²) in [4.78, 5) is 6.22. The van der Waals surface area contributed by atoms with E-state index in [1.165, 1.54) is 6.07 Å². The summed E-state index contributed by atoms with van der Waals surface area (Å²) in [6.07, 6.45) is 4.45. The Morgan fingerprint density at radius 1 is 1.21 bits per heavy atom. The second kappa shape index (κ2) is 6.85. The lowest BCUT2D eigenvalue weighted by Crippen LogP contribution is -2.25. The smallest absolute Gasteiger partial charge is 0.125 e. The molecule has 1 heterocycles. The fraction of sp³-hybridized carbons (Fsp3) is 0.267. The first-order chi connectivity index (χ1) is 9.29. The van der Waals surface area contributed by atoms with Gasteiger partial charge in [0.2, 0.25) is 0 Å². The maximum Gasteiger partial charge on any atom is 0.125 e. The van der Waals surface area contributed by atoms with Crippen LogP contribution in [0, 0.1) is 5.82 Å². The molecule has 1 aromatic heterocycles. The minimum Gasteiger partial charge on any atom is -0.367 e. The Kier molecular flexibility index (Phi) is 4.86. The molecule has 0 atom stereocenters. The molecule has 2 rings (SSSR count). The van der Waals surface area contributed by atoms with Crippen molar-refractivity contribution in [2.45, 2.75) is 13.0 Å². The SMILES string of the molecule is NCCCN(Cc1cccnc1)c1cccc(F)c1. The van der Waals surface area contributed by atoms with Crippen LogP contribution in [0.4, 0.5) is 10.1 Å². The highest BCUT2D eigenvalue weighted by molar-refractivity contribution is 5.47. The van der Waals surface area contributed by atoms with Gasteiger partial charge in [-0.2, -0.15) is 0 Å². The van der Waals surface area contributed by atoms with Gasteiger partial charge in [0.15, 0.2) is 0 Å². The van der Waals surface area contributed by atoms with Gasteiger partial charge in [-0.25, -0.2) is 4.39 Å². The molecule has 0 unspecified atom stereocenters. The van der Waals surface area contributed by atoms with E-state index in [2.05, 4.69) is 9.88 Å². The summed E-state index contributed by atoms with van der Waals surface area (Å²) in [6, 6.07) is 10.6. The summed E-state index contributed by atoms with van der Waals surface area (Å²) in [7, 11) is 0. The molecule has 0 saturated heterocycles. The maximum absolute atomic E-state index is 13.3. The zero-order chi connectivity index (χ0) is 13.5. The molecule has 0 bridgehead atoms. The largest absolute Gasteiger partial charge is 0.367 e. The van der Waals surface area contributed by atoms with Gasteiger partial charge < -0.3 is 10.6 Å². The summed E-state index contributed by atoms with van der Waals surface area (Å²) in [5.41, 5.74) is 7.54. The van der Waals surface area contributed by atoms with Crippen molar-refractivity contribution in [2.75, 3.05) is 18.0 Å². The van der Waals surface area contributed by atoms with Crippen molar-refractivity contribution in [3.63, 3.8) is 0 Å². The van der Waals surface area contributed by atoms with Gasteiger partial charge in [0.1, 0.15) is 5.82 Å². The minimum absolute atomic E-state index is 0.221. The van der Waals surface area contributed by atoms with Crippen LogP contribution in [-0.2, 0) is 6.54 Å². The summed E-state index contributed by atoms with van der Waals surface area (Å²) >= 11 is 0. The number of aromatic nitrogens is 1. The van der Waals surface area contributed by atoms with Gasteiger partial charge in [-0.15, -0.1) is 0 Å². The lowest BCUT2D eigenvalue weighted by molar-refractivity contribution is 0.625. The highest BCUT2D eigenvalue weighted by Crippen LogP contribution is 2.18. The second-order valence-electron chi connectivity index (χ2n) is 4.40. The van der Waals surface area contributed by atoms with E-state index in [0.717, 1.165) is 24.2 Å². The van der Waals surface area contributed by atoms with Crippen LogP contribution in [-0.4, -0.2) is 18.1 Å². The topological polar surface area (TPSA) is 42.1 Å². The molecule has 0 spiro atoms. The first-order valence-corrected chi connectivity index (χ1v) is 6.39. The quantitative estimate of drug-likeness (QED) is 0.867. The lowest BCUT2D eigenvalue weighted by atomic mass is 10.2. The number of benzene rings is 1. The van der Waals surface area contributed by atoms with Gasteiger partial charge >= 0.3 is 0 Å². The Labute approximate surface area is 112 Å². The van der Waals surface area contributed by atoms with Gasteiger partial charge in [-0.05, 0) is 42.8 Å². The van der Waals surface area contributed by atoms with E-state index in [0.29, 0.717) is 13.1 Å². The molecule has 2 N–H and O–H groups in total. The molecular formula is C15H18FN3. The molecule has 0 fully saturated rings. The summed E-state index contributed by atoms with van der Waals surface area (Å²) < 4.78 is 13.3. The molecule has 1 aromatic carbocycles. The van der Waals surface area contributed by atoms with E-state index in [-0.39, 0.29) is 5.82 Å². The first kappa shape index (κ1) is 13.5. The third-order valence-electron chi connectivity index (χ3n) is 2.90. The van der Waals surface area contributed by atoms with E-state index < -0.39 is 0 Å². The van der Waals surface area contributed by atoms with Crippen LogP contribution in [0.15, 0.2) is 48.8 Å². The highest BCUT2D eigenvalue weighted by Gasteiger charge is 2.08. The molecule has 0 aliphatic heterocycles. The van der Waals surface area contributed by atoms with E-state index in [4.69, 9.17) is 5.73 Å². The summed E-state index contributed by atoms with van der Waals surface area (Å²) in [6.45, 7) is 2.13. The van der Waals surface area contributed by atoms with Gasteiger partial charge in [0.05, 0.1) is 0 Å². The minimum atomic E-state index is -0.221. The van der Waals surface area contributed by atoms with Crippen molar-refractivity contribution in [3.05, 3.63) is 60.2 Å².